The van der Waals surface area contributed by atoms with E-state index in [1.54, 1.807) is 24.3 Å². The molecule has 0 bridgehead atoms. The van der Waals surface area contributed by atoms with Crippen LogP contribution in [0.25, 0.3) is 6.08 Å². The molecule has 9 N–H and O–H groups in total. The number of nitrogens with zero attached hydrogens (tertiary/aromatic N) is 1. The Morgan fingerprint density at radius 1 is 1.03 bits per heavy atom. The fraction of sp³-hybridized carbons (Fsp3) is 0.350. The average Bonchev–Trinajstić information content (AvgIpc) is 2.65. The SMILES string of the molecule is CC(C)C[C@H](NC(=O)[C@H](CC(=O)O)NC(=O)C=Cc1ccc(N=C(N)N)cc1)C(N)=O.F. The minimum atomic E-state index is -1.38. The number of carbonyl (C=O) groups is 4. The number of nitrogens with two attached hydrogens (primary N) is 3. The number of benzene rings is 1. The van der Waals surface area contributed by atoms with Crippen LogP contribution in [0.15, 0.2) is 35.3 Å². The van der Waals surface area contributed by atoms with Crippen LogP contribution in [-0.4, -0.2) is 46.8 Å². The summed E-state index contributed by atoms with van der Waals surface area (Å²) >= 11 is 0. The van der Waals surface area contributed by atoms with Crippen LogP contribution in [-0.2, 0) is 19.2 Å². The van der Waals surface area contributed by atoms with E-state index >= 15 is 0 Å². The zero-order chi connectivity index (χ0) is 23.6. The van der Waals surface area contributed by atoms with Crippen LogP contribution in [0.5, 0.6) is 0 Å². The van der Waals surface area contributed by atoms with E-state index in [-0.39, 0.29) is 23.0 Å². The molecule has 1 aromatic carbocycles. The lowest BCUT2D eigenvalue weighted by atomic mass is 10.0. The van der Waals surface area contributed by atoms with E-state index in [4.69, 9.17) is 22.3 Å². The Bertz CT molecular complexity index is 866. The van der Waals surface area contributed by atoms with Crippen molar-refractivity contribution in [2.24, 2.45) is 28.1 Å². The van der Waals surface area contributed by atoms with Crippen LogP contribution >= 0.6 is 0 Å². The van der Waals surface area contributed by atoms with Crippen molar-refractivity contribution < 1.29 is 29.0 Å². The number of rotatable bonds is 11. The van der Waals surface area contributed by atoms with Gasteiger partial charge in [-0.05, 0) is 36.1 Å². The van der Waals surface area contributed by atoms with Crippen molar-refractivity contribution in [3.8, 4) is 0 Å². The van der Waals surface area contributed by atoms with Crippen LogP contribution in [0.3, 0.4) is 0 Å². The first kappa shape index (κ1) is 28.0. The molecule has 0 radical (unpaired) electrons. The topological polar surface area (TPSA) is 203 Å². The average molecular weight is 452 g/mol. The second-order valence-electron chi connectivity index (χ2n) is 7.21. The molecule has 1 aromatic rings. The number of hydrogen-bond donors (Lipinski definition) is 6. The number of carboxylic acid groups (broad SMARTS) is 1. The number of amides is 3. The Morgan fingerprint density at radius 2 is 1.62 bits per heavy atom. The molecule has 0 saturated heterocycles. The molecule has 0 heterocycles. The molecule has 0 saturated carbocycles. The molecule has 0 aliphatic heterocycles. The molecule has 2 atom stereocenters. The summed E-state index contributed by atoms with van der Waals surface area (Å²) in [5.74, 6) is -3.56. The summed E-state index contributed by atoms with van der Waals surface area (Å²) in [4.78, 5) is 51.2. The first-order valence-corrected chi connectivity index (χ1v) is 9.47. The summed E-state index contributed by atoms with van der Waals surface area (Å²) in [6.07, 6.45) is 2.24. The van der Waals surface area contributed by atoms with Gasteiger partial charge in [0.2, 0.25) is 17.7 Å². The molecule has 12 heteroatoms. The quantitative estimate of drug-likeness (QED) is 0.150. The number of carboxylic acids is 1. The predicted octanol–water partition coefficient (Wildman–Crippen LogP) is -0.267. The molecule has 0 unspecified atom stereocenters. The molecular formula is C20H29FN6O5. The van der Waals surface area contributed by atoms with Gasteiger partial charge in [0.15, 0.2) is 5.96 Å². The van der Waals surface area contributed by atoms with Crippen molar-refractivity contribution in [3.63, 3.8) is 0 Å². The van der Waals surface area contributed by atoms with Gasteiger partial charge in [0.25, 0.3) is 0 Å². The van der Waals surface area contributed by atoms with E-state index in [2.05, 4.69) is 15.6 Å². The predicted molar refractivity (Wildman–Crippen MR) is 118 cm³/mol. The number of aliphatic carboxylic acids is 1. The maximum Gasteiger partial charge on any atom is 0.305 e. The van der Waals surface area contributed by atoms with E-state index in [1.807, 2.05) is 13.8 Å². The van der Waals surface area contributed by atoms with Gasteiger partial charge in [0.1, 0.15) is 12.1 Å². The monoisotopic (exact) mass is 452 g/mol. The second kappa shape index (κ2) is 13.4. The lowest BCUT2D eigenvalue weighted by Crippen LogP contribution is -2.53. The third-order valence-corrected chi connectivity index (χ3v) is 3.96. The van der Waals surface area contributed by atoms with Crippen LogP contribution < -0.4 is 27.8 Å². The minimum absolute atomic E-state index is 0. The standard InChI is InChI=1S/C20H28N6O5.FH/c1-11(2)9-14(18(21)30)26-19(31)15(10-17(28)29)25-16(27)8-5-12-3-6-13(7-4-12)24-20(22)23;/h3-8,11,14-15H,9-10H2,1-2H3,(H2,21,30)(H,25,27)(H,26,31)(H,28,29)(H4,22,23,24);1H/t14-,15-;/m0./s1. The fourth-order valence-electron chi connectivity index (χ4n) is 2.57. The summed E-state index contributed by atoms with van der Waals surface area (Å²) < 4.78 is 0. The normalized spacial score (nSPS) is 12.3. The van der Waals surface area contributed by atoms with Crippen LogP contribution in [0.1, 0.15) is 32.3 Å². The van der Waals surface area contributed by atoms with Gasteiger partial charge in [-0.15, -0.1) is 0 Å². The minimum Gasteiger partial charge on any atom is -0.481 e. The summed E-state index contributed by atoms with van der Waals surface area (Å²) in [6.45, 7) is 3.68. The smallest absolute Gasteiger partial charge is 0.305 e. The number of aliphatic imine (C=N–C) groups is 1. The molecule has 32 heavy (non-hydrogen) atoms. The molecule has 1 rings (SSSR count). The highest BCUT2D eigenvalue weighted by molar-refractivity contribution is 5.97. The van der Waals surface area contributed by atoms with E-state index in [0.717, 1.165) is 6.08 Å². The number of halogens is 1. The number of hydrogen-bond acceptors (Lipinski definition) is 5. The van der Waals surface area contributed by atoms with Crippen molar-refractivity contribution in [1.29, 1.82) is 0 Å². The molecule has 0 spiro atoms. The lowest BCUT2D eigenvalue weighted by Gasteiger charge is -2.21. The Labute approximate surface area is 184 Å². The zero-order valence-electron chi connectivity index (χ0n) is 17.8. The number of nitrogens with one attached hydrogen (secondary N) is 2. The Morgan fingerprint density at radius 3 is 2.09 bits per heavy atom. The third-order valence-electron chi connectivity index (χ3n) is 3.96. The molecule has 176 valence electrons. The first-order chi connectivity index (χ1) is 14.5. The van der Waals surface area contributed by atoms with E-state index < -0.39 is 42.2 Å². The second-order valence-corrected chi connectivity index (χ2v) is 7.21. The Kier molecular flexibility index (Phi) is 11.7. The molecule has 3 amide bonds. The zero-order valence-corrected chi connectivity index (χ0v) is 17.8. The van der Waals surface area contributed by atoms with Gasteiger partial charge in [-0.3, -0.25) is 23.9 Å². The summed E-state index contributed by atoms with van der Waals surface area (Å²) in [5.41, 5.74) is 17.1. The molecule has 11 nitrogen and oxygen atoms in total. The summed E-state index contributed by atoms with van der Waals surface area (Å²) in [5, 5.41) is 13.8. The lowest BCUT2D eigenvalue weighted by molar-refractivity contribution is -0.140. The largest absolute Gasteiger partial charge is 0.481 e. The third kappa shape index (κ3) is 10.7. The Balaban J connectivity index is 0.00000961. The first-order valence-electron chi connectivity index (χ1n) is 9.47. The molecule has 0 aliphatic rings. The van der Waals surface area contributed by atoms with Gasteiger partial charge in [0.05, 0.1) is 12.1 Å². The van der Waals surface area contributed by atoms with Crippen molar-refractivity contribution >= 4 is 41.4 Å². The highest BCUT2D eigenvalue weighted by Gasteiger charge is 2.27. The van der Waals surface area contributed by atoms with Crippen LogP contribution in [0.2, 0.25) is 0 Å². The number of carbonyl (C=O) groups excluding carboxylic acids is 3. The van der Waals surface area contributed by atoms with Gasteiger partial charge < -0.3 is 32.9 Å². The number of guanidine groups is 1. The van der Waals surface area contributed by atoms with Gasteiger partial charge >= 0.3 is 5.97 Å². The van der Waals surface area contributed by atoms with Crippen molar-refractivity contribution in [1.82, 2.24) is 10.6 Å². The maximum atomic E-state index is 12.5. The van der Waals surface area contributed by atoms with Gasteiger partial charge in [-0.1, -0.05) is 26.0 Å². The molecule has 0 aliphatic carbocycles. The van der Waals surface area contributed by atoms with Crippen LogP contribution in [0, 0.1) is 5.92 Å². The van der Waals surface area contributed by atoms with Gasteiger partial charge in [-0.25, -0.2) is 4.99 Å². The number of primary amides is 1. The molecular weight excluding hydrogens is 423 g/mol. The van der Waals surface area contributed by atoms with Crippen LogP contribution in [0.4, 0.5) is 10.4 Å². The van der Waals surface area contributed by atoms with Crippen molar-refractivity contribution in [2.45, 2.75) is 38.8 Å². The van der Waals surface area contributed by atoms with Gasteiger partial charge in [-0.2, -0.15) is 0 Å². The fourth-order valence-corrected chi connectivity index (χ4v) is 2.57. The highest BCUT2D eigenvalue weighted by atomic mass is 19.0. The molecule has 0 fully saturated rings. The van der Waals surface area contributed by atoms with Gasteiger partial charge in [0, 0.05) is 6.08 Å². The van der Waals surface area contributed by atoms with Crippen molar-refractivity contribution in [3.05, 3.63) is 35.9 Å². The van der Waals surface area contributed by atoms with E-state index in [9.17, 15) is 19.2 Å². The maximum absolute atomic E-state index is 12.5. The van der Waals surface area contributed by atoms with E-state index in [1.165, 1.54) is 6.08 Å². The summed E-state index contributed by atoms with van der Waals surface area (Å²) in [7, 11) is 0. The highest BCUT2D eigenvalue weighted by Crippen LogP contribution is 2.13. The Hall–Kier alpha value is -3.96. The molecule has 0 aromatic heterocycles. The van der Waals surface area contributed by atoms with E-state index in [0.29, 0.717) is 11.3 Å². The van der Waals surface area contributed by atoms with Crippen molar-refractivity contribution in [2.75, 3.05) is 0 Å². The summed E-state index contributed by atoms with van der Waals surface area (Å²) in [6, 6.07) is 4.24.